The van der Waals surface area contributed by atoms with Crippen molar-refractivity contribution in [1.29, 1.82) is 0 Å². The Balaban J connectivity index is 2.25. The van der Waals surface area contributed by atoms with Gasteiger partial charge in [0, 0.05) is 13.1 Å². The highest BCUT2D eigenvalue weighted by molar-refractivity contribution is 6.58. The Labute approximate surface area is 88.3 Å². The maximum atomic E-state index is 13.6. The average molecular weight is 209 g/mol. The first-order valence-electron chi connectivity index (χ1n) is 5.09. The number of anilines is 1. The van der Waals surface area contributed by atoms with Gasteiger partial charge in [0.25, 0.3) is 0 Å². The molecule has 1 aromatic carbocycles. The molecule has 1 aromatic rings. The number of benzene rings is 1. The van der Waals surface area contributed by atoms with Crippen LogP contribution in [0, 0.1) is 5.82 Å². The summed E-state index contributed by atoms with van der Waals surface area (Å²) in [4.78, 5) is 1.98. The summed E-state index contributed by atoms with van der Waals surface area (Å²) in [7, 11) is -1.60. The van der Waals surface area contributed by atoms with E-state index in [4.69, 9.17) is 10.0 Å². The normalized spacial score (nSPS) is 15.8. The molecule has 1 fully saturated rings. The maximum Gasteiger partial charge on any atom is 0.488 e. The van der Waals surface area contributed by atoms with E-state index in [9.17, 15) is 4.39 Å². The number of hydrogen-bond acceptors (Lipinski definition) is 3. The number of halogens is 1. The van der Waals surface area contributed by atoms with Gasteiger partial charge >= 0.3 is 7.12 Å². The fourth-order valence-electron chi connectivity index (χ4n) is 1.90. The van der Waals surface area contributed by atoms with Crippen LogP contribution in [-0.4, -0.2) is 30.3 Å². The molecule has 0 aliphatic carbocycles. The summed E-state index contributed by atoms with van der Waals surface area (Å²) in [6.07, 6.45) is 2.17. The summed E-state index contributed by atoms with van der Waals surface area (Å²) in [5.41, 5.74) is 0.743. The minimum absolute atomic E-state index is 0.190. The molecule has 1 aliphatic heterocycles. The highest BCUT2D eigenvalue weighted by atomic mass is 19.1. The molecule has 0 unspecified atom stereocenters. The largest absolute Gasteiger partial charge is 0.488 e. The highest BCUT2D eigenvalue weighted by Crippen LogP contribution is 2.22. The summed E-state index contributed by atoms with van der Waals surface area (Å²) in [6.45, 7) is 1.75. The molecule has 0 bridgehead atoms. The van der Waals surface area contributed by atoms with E-state index in [2.05, 4.69) is 0 Å². The second kappa shape index (κ2) is 4.20. The Morgan fingerprint density at radius 1 is 1.20 bits per heavy atom. The van der Waals surface area contributed by atoms with E-state index in [-0.39, 0.29) is 11.3 Å². The number of hydrogen-bond donors (Lipinski definition) is 2. The van der Waals surface area contributed by atoms with Gasteiger partial charge < -0.3 is 14.9 Å². The molecule has 0 radical (unpaired) electrons. The minimum Gasteiger partial charge on any atom is -0.423 e. The van der Waals surface area contributed by atoms with Crippen molar-refractivity contribution in [3.63, 3.8) is 0 Å². The monoisotopic (exact) mass is 209 g/mol. The van der Waals surface area contributed by atoms with Crippen LogP contribution in [0.2, 0.25) is 0 Å². The Hall–Kier alpha value is -1.07. The van der Waals surface area contributed by atoms with Gasteiger partial charge in [-0.2, -0.15) is 0 Å². The Bertz CT molecular complexity index is 353. The van der Waals surface area contributed by atoms with Crippen molar-refractivity contribution in [2.24, 2.45) is 0 Å². The molecule has 2 rings (SSSR count). The first kappa shape index (κ1) is 10.5. The lowest BCUT2D eigenvalue weighted by molar-refractivity contribution is 0.425. The molecule has 0 aromatic heterocycles. The third kappa shape index (κ3) is 2.13. The summed E-state index contributed by atoms with van der Waals surface area (Å²) >= 11 is 0. The van der Waals surface area contributed by atoms with Crippen molar-refractivity contribution in [3.8, 4) is 0 Å². The van der Waals surface area contributed by atoms with Crippen LogP contribution in [0.1, 0.15) is 12.8 Å². The molecule has 0 amide bonds. The van der Waals surface area contributed by atoms with Crippen LogP contribution in [-0.2, 0) is 0 Å². The molecule has 80 valence electrons. The van der Waals surface area contributed by atoms with Crippen LogP contribution in [0.25, 0.3) is 0 Å². The van der Waals surface area contributed by atoms with E-state index in [1.54, 1.807) is 12.1 Å². The molecule has 1 heterocycles. The molecule has 0 saturated carbocycles. The third-order valence-electron chi connectivity index (χ3n) is 2.72. The lowest BCUT2D eigenvalue weighted by Crippen LogP contribution is -2.31. The predicted molar refractivity (Wildman–Crippen MR) is 57.7 cm³/mol. The smallest absolute Gasteiger partial charge is 0.423 e. The van der Waals surface area contributed by atoms with Crippen LogP contribution < -0.4 is 10.4 Å². The highest BCUT2D eigenvalue weighted by Gasteiger charge is 2.18. The molecule has 0 spiro atoms. The quantitative estimate of drug-likeness (QED) is 0.679. The van der Waals surface area contributed by atoms with E-state index < -0.39 is 7.12 Å². The van der Waals surface area contributed by atoms with Crippen LogP contribution in [0.3, 0.4) is 0 Å². The van der Waals surface area contributed by atoms with Gasteiger partial charge in [0.2, 0.25) is 0 Å². The standard InChI is InChI=1S/C10H13BFNO2/c12-9-7-8(11(14)15)3-4-10(9)13-5-1-2-6-13/h3-4,7,14-15H,1-2,5-6H2. The van der Waals surface area contributed by atoms with Crippen molar-refractivity contribution >= 4 is 18.3 Å². The molecular weight excluding hydrogens is 196 g/mol. The summed E-state index contributed by atoms with van der Waals surface area (Å²) in [5.74, 6) is -0.387. The van der Waals surface area contributed by atoms with Gasteiger partial charge in [0.1, 0.15) is 5.82 Å². The van der Waals surface area contributed by atoms with Gasteiger partial charge in [0.15, 0.2) is 0 Å². The first-order chi connectivity index (χ1) is 7.18. The van der Waals surface area contributed by atoms with Gasteiger partial charge in [-0.05, 0) is 30.4 Å². The Morgan fingerprint density at radius 3 is 2.40 bits per heavy atom. The predicted octanol–water partition coefficient (Wildman–Crippen LogP) is 0.106. The Morgan fingerprint density at radius 2 is 1.87 bits per heavy atom. The van der Waals surface area contributed by atoms with Gasteiger partial charge in [-0.3, -0.25) is 0 Å². The molecule has 3 nitrogen and oxygen atoms in total. The lowest BCUT2D eigenvalue weighted by Gasteiger charge is -2.18. The summed E-state index contributed by atoms with van der Waals surface area (Å²) in [5, 5.41) is 17.8. The zero-order valence-electron chi connectivity index (χ0n) is 8.36. The van der Waals surface area contributed by atoms with Crippen molar-refractivity contribution in [2.75, 3.05) is 18.0 Å². The van der Waals surface area contributed by atoms with E-state index in [1.807, 2.05) is 4.90 Å². The van der Waals surface area contributed by atoms with Crippen molar-refractivity contribution in [3.05, 3.63) is 24.0 Å². The van der Waals surface area contributed by atoms with Crippen LogP contribution in [0.15, 0.2) is 18.2 Å². The fourth-order valence-corrected chi connectivity index (χ4v) is 1.90. The Kier molecular flexibility index (Phi) is 2.93. The van der Waals surface area contributed by atoms with E-state index in [0.29, 0.717) is 5.69 Å². The van der Waals surface area contributed by atoms with Crippen LogP contribution in [0.4, 0.5) is 10.1 Å². The van der Waals surface area contributed by atoms with Crippen molar-refractivity contribution in [1.82, 2.24) is 0 Å². The SMILES string of the molecule is OB(O)c1ccc(N2CCCC2)c(F)c1. The van der Waals surface area contributed by atoms with Crippen molar-refractivity contribution in [2.45, 2.75) is 12.8 Å². The van der Waals surface area contributed by atoms with Gasteiger partial charge in [0.05, 0.1) is 5.69 Å². The number of nitrogens with zero attached hydrogens (tertiary/aromatic N) is 1. The second-order valence-corrected chi connectivity index (χ2v) is 3.78. The molecule has 1 saturated heterocycles. The molecule has 15 heavy (non-hydrogen) atoms. The molecule has 0 atom stereocenters. The summed E-state index contributed by atoms with van der Waals surface area (Å²) in [6, 6.07) is 4.33. The zero-order chi connectivity index (χ0) is 10.8. The maximum absolute atomic E-state index is 13.6. The van der Waals surface area contributed by atoms with E-state index >= 15 is 0 Å². The van der Waals surface area contributed by atoms with Crippen LogP contribution >= 0.6 is 0 Å². The first-order valence-corrected chi connectivity index (χ1v) is 5.09. The lowest BCUT2D eigenvalue weighted by atomic mass is 9.80. The minimum atomic E-state index is -1.60. The van der Waals surface area contributed by atoms with Gasteiger partial charge in [-0.25, -0.2) is 4.39 Å². The topological polar surface area (TPSA) is 43.7 Å². The van der Waals surface area contributed by atoms with Gasteiger partial charge in [-0.1, -0.05) is 6.07 Å². The molecule has 2 N–H and O–H groups in total. The zero-order valence-corrected chi connectivity index (χ0v) is 8.36. The molecular formula is C10H13BFNO2. The van der Waals surface area contributed by atoms with Crippen molar-refractivity contribution < 1.29 is 14.4 Å². The number of rotatable bonds is 2. The van der Waals surface area contributed by atoms with E-state index in [1.165, 1.54) is 6.07 Å². The molecule has 1 aliphatic rings. The van der Waals surface area contributed by atoms with Gasteiger partial charge in [-0.15, -0.1) is 0 Å². The summed E-state index contributed by atoms with van der Waals surface area (Å²) < 4.78 is 13.6. The second-order valence-electron chi connectivity index (χ2n) is 3.78. The fraction of sp³-hybridized carbons (Fsp3) is 0.400. The molecule has 5 heteroatoms. The average Bonchev–Trinajstić information content (AvgIpc) is 2.70. The third-order valence-corrected chi connectivity index (χ3v) is 2.72. The van der Waals surface area contributed by atoms with Crippen LogP contribution in [0.5, 0.6) is 0 Å². The van der Waals surface area contributed by atoms with E-state index in [0.717, 1.165) is 25.9 Å².